The van der Waals surface area contributed by atoms with Gasteiger partial charge < -0.3 is 5.32 Å². The first kappa shape index (κ1) is 23.1. The van der Waals surface area contributed by atoms with Crippen molar-refractivity contribution in [2.45, 2.75) is 36.3 Å². The van der Waals surface area contributed by atoms with Gasteiger partial charge in [-0.15, -0.1) is 0 Å². The molecule has 0 aliphatic carbocycles. The molecule has 11 heteroatoms. The van der Waals surface area contributed by atoms with Gasteiger partial charge in [0.15, 0.2) is 0 Å². The standard InChI is InChI=1S/C23H24BClN6O2S/c24-20-15-28-31-22(27-14-16-3-2-8-26-13-16)12-21(29-23(20)31)17-6-9-30(10-7-17)34(32,33)19-5-1-4-18(25)11-19/h1-5,8,11-13,15,17,20,23,29H,6-7,9-10,14H2. The Hall–Kier alpha value is -2.69. The van der Waals surface area contributed by atoms with E-state index in [0.717, 1.165) is 17.1 Å². The predicted octanol–water partition coefficient (Wildman–Crippen LogP) is 2.81. The number of hydrogen-bond donors (Lipinski definition) is 1. The van der Waals surface area contributed by atoms with Crippen molar-refractivity contribution in [1.29, 1.82) is 0 Å². The van der Waals surface area contributed by atoms with Gasteiger partial charge in [-0.1, -0.05) is 23.7 Å². The lowest BCUT2D eigenvalue weighted by atomic mass is 9.84. The number of fused-ring (bicyclic) bond motifs is 1. The number of piperidine rings is 1. The maximum absolute atomic E-state index is 13.1. The van der Waals surface area contributed by atoms with Gasteiger partial charge in [0.05, 0.1) is 19.3 Å². The summed E-state index contributed by atoms with van der Waals surface area (Å²) in [6, 6.07) is 10.3. The van der Waals surface area contributed by atoms with E-state index in [4.69, 9.17) is 24.4 Å². The SMILES string of the molecule is [B]C1C=NN2C(=NCc3cccnc3)C=C(C3CCN(S(=O)(=O)c4cccc(Cl)c4)CC3)NC12. The Morgan fingerprint density at radius 2 is 2.03 bits per heavy atom. The molecular weight excluding hydrogens is 471 g/mol. The van der Waals surface area contributed by atoms with Crippen molar-refractivity contribution in [3.8, 4) is 0 Å². The van der Waals surface area contributed by atoms with Gasteiger partial charge in [-0.3, -0.25) is 9.98 Å². The van der Waals surface area contributed by atoms with Crippen molar-refractivity contribution in [2.24, 2.45) is 16.0 Å². The number of hydrazone groups is 1. The van der Waals surface area contributed by atoms with E-state index in [-0.39, 0.29) is 22.8 Å². The molecule has 1 aromatic carbocycles. The van der Waals surface area contributed by atoms with Crippen LogP contribution in [0.2, 0.25) is 10.8 Å². The van der Waals surface area contributed by atoms with Crippen LogP contribution in [0.25, 0.3) is 0 Å². The highest BCUT2D eigenvalue weighted by Crippen LogP contribution is 2.32. The summed E-state index contributed by atoms with van der Waals surface area (Å²) >= 11 is 6.01. The second-order valence-corrected chi connectivity index (χ2v) is 10.9. The van der Waals surface area contributed by atoms with Crippen LogP contribution in [0.15, 0.2) is 75.6 Å². The van der Waals surface area contributed by atoms with Gasteiger partial charge in [0.2, 0.25) is 10.0 Å². The molecule has 2 aromatic rings. The summed E-state index contributed by atoms with van der Waals surface area (Å²) in [4.78, 5) is 9.15. The molecule has 1 N–H and O–H groups in total. The molecule has 8 nitrogen and oxygen atoms in total. The Balaban J connectivity index is 1.32. The van der Waals surface area contributed by atoms with Crippen LogP contribution < -0.4 is 5.32 Å². The topological polar surface area (TPSA) is 90.3 Å². The van der Waals surface area contributed by atoms with Crippen molar-refractivity contribution in [2.75, 3.05) is 13.1 Å². The normalized spacial score (nSPS) is 24.7. The van der Waals surface area contributed by atoms with E-state index in [1.807, 2.05) is 23.2 Å². The van der Waals surface area contributed by atoms with Crippen LogP contribution >= 0.6 is 11.6 Å². The Bertz CT molecular complexity index is 1250. The number of nitrogens with zero attached hydrogens (tertiary/aromatic N) is 5. The van der Waals surface area contributed by atoms with Gasteiger partial charge in [0.25, 0.3) is 0 Å². The third kappa shape index (κ3) is 4.62. The zero-order valence-corrected chi connectivity index (χ0v) is 20.0. The van der Waals surface area contributed by atoms with E-state index in [1.165, 1.54) is 10.4 Å². The van der Waals surface area contributed by atoms with Gasteiger partial charge in [0.1, 0.15) is 12.0 Å². The maximum atomic E-state index is 13.1. The first-order valence-electron chi connectivity index (χ1n) is 11.2. The Labute approximate surface area is 205 Å². The fourth-order valence-electron chi connectivity index (χ4n) is 4.44. The molecule has 0 saturated carbocycles. The molecular formula is C23H24BClN6O2S. The summed E-state index contributed by atoms with van der Waals surface area (Å²) < 4.78 is 27.7. The van der Waals surface area contributed by atoms with E-state index in [9.17, 15) is 8.42 Å². The van der Waals surface area contributed by atoms with Crippen molar-refractivity contribution in [3.05, 3.63) is 71.2 Å². The second kappa shape index (κ2) is 9.52. The number of rotatable bonds is 5. The van der Waals surface area contributed by atoms with E-state index >= 15 is 0 Å². The number of pyridine rings is 1. The molecule has 2 unspecified atom stereocenters. The van der Waals surface area contributed by atoms with Crippen LogP contribution in [0.4, 0.5) is 0 Å². The molecule has 0 spiro atoms. The quantitative estimate of drug-likeness (QED) is 0.646. The van der Waals surface area contributed by atoms with Crippen LogP contribution in [0.1, 0.15) is 18.4 Å². The second-order valence-electron chi connectivity index (χ2n) is 8.55. The molecule has 0 bridgehead atoms. The van der Waals surface area contributed by atoms with Crippen LogP contribution in [-0.4, -0.2) is 61.9 Å². The minimum atomic E-state index is -3.58. The summed E-state index contributed by atoms with van der Waals surface area (Å²) in [7, 11) is 2.68. The largest absolute Gasteiger partial charge is 0.367 e. The maximum Gasteiger partial charge on any atom is 0.243 e. The lowest BCUT2D eigenvalue weighted by Gasteiger charge is -2.39. The zero-order valence-electron chi connectivity index (χ0n) is 18.5. The predicted molar refractivity (Wildman–Crippen MR) is 133 cm³/mol. The number of aromatic nitrogens is 1. The van der Waals surface area contributed by atoms with Crippen LogP contribution in [0.3, 0.4) is 0 Å². The molecule has 1 aromatic heterocycles. The fraction of sp³-hybridized carbons (Fsp3) is 0.348. The smallest absolute Gasteiger partial charge is 0.243 e. The van der Waals surface area contributed by atoms with Gasteiger partial charge in [-0.2, -0.15) is 9.41 Å². The molecule has 1 saturated heterocycles. The summed E-state index contributed by atoms with van der Waals surface area (Å²) in [5.74, 6) is 0.640. The van der Waals surface area contributed by atoms with Gasteiger partial charge in [-0.05, 0) is 48.5 Å². The monoisotopic (exact) mass is 494 g/mol. The molecule has 174 valence electrons. The number of benzene rings is 1. The third-order valence-corrected chi connectivity index (χ3v) is 8.43. The molecule has 3 aliphatic heterocycles. The molecule has 2 radical (unpaired) electrons. The number of aliphatic imine (C=N–C) groups is 1. The number of hydrogen-bond acceptors (Lipinski definition) is 6. The highest BCUT2D eigenvalue weighted by molar-refractivity contribution is 7.89. The molecule has 1 fully saturated rings. The van der Waals surface area contributed by atoms with Crippen molar-refractivity contribution < 1.29 is 8.42 Å². The van der Waals surface area contributed by atoms with Gasteiger partial charge in [0, 0.05) is 54.4 Å². The molecule has 3 aliphatic rings. The number of halogens is 1. The summed E-state index contributed by atoms with van der Waals surface area (Å²) in [6.07, 6.45) is 8.43. The first-order chi connectivity index (χ1) is 16.4. The number of amidine groups is 1. The number of sulfonamides is 1. The summed E-state index contributed by atoms with van der Waals surface area (Å²) in [6.45, 7) is 1.34. The zero-order chi connectivity index (χ0) is 23.7. The van der Waals surface area contributed by atoms with Gasteiger partial charge >= 0.3 is 0 Å². The Morgan fingerprint density at radius 1 is 1.21 bits per heavy atom. The molecule has 5 rings (SSSR count). The van der Waals surface area contributed by atoms with E-state index in [0.29, 0.717) is 37.5 Å². The molecule has 2 atom stereocenters. The molecule has 34 heavy (non-hydrogen) atoms. The third-order valence-electron chi connectivity index (χ3n) is 6.30. The highest BCUT2D eigenvalue weighted by atomic mass is 35.5. The average molecular weight is 495 g/mol. The summed E-state index contributed by atoms with van der Waals surface area (Å²) in [5, 5.41) is 10.2. The Morgan fingerprint density at radius 3 is 2.76 bits per heavy atom. The van der Waals surface area contributed by atoms with E-state index in [2.05, 4.69) is 15.4 Å². The van der Waals surface area contributed by atoms with Crippen molar-refractivity contribution >= 4 is 41.5 Å². The minimum absolute atomic E-state index is 0.171. The van der Waals surface area contributed by atoms with Crippen molar-refractivity contribution in [1.82, 2.24) is 19.6 Å². The first-order valence-corrected chi connectivity index (χ1v) is 13.0. The molecule has 0 amide bonds. The molecule has 4 heterocycles. The van der Waals surface area contributed by atoms with Crippen LogP contribution in [-0.2, 0) is 16.6 Å². The van der Waals surface area contributed by atoms with E-state index in [1.54, 1.807) is 36.8 Å². The number of allylic oxidation sites excluding steroid dienone is 1. The van der Waals surface area contributed by atoms with Gasteiger partial charge in [-0.25, -0.2) is 13.4 Å². The van der Waals surface area contributed by atoms with Crippen molar-refractivity contribution in [3.63, 3.8) is 0 Å². The lowest BCUT2D eigenvalue weighted by Crippen LogP contribution is -2.51. The van der Waals surface area contributed by atoms with Crippen LogP contribution in [0, 0.1) is 5.92 Å². The average Bonchev–Trinajstić information content (AvgIpc) is 3.24. The Kier molecular flexibility index (Phi) is 6.46. The highest BCUT2D eigenvalue weighted by Gasteiger charge is 2.37. The number of nitrogens with one attached hydrogen (secondary N) is 1. The summed E-state index contributed by atoms with van der Waals surface area (Å²) in [5.41, 5.74) is 2.03. The minimum Gasteiger partial charge on any atom is -0.367 e. The van der Waals surface area contributed by atoms with E-state index < -0.39 is 10.0 Å². The van der Waals surface area contributed by atoms with Crippen LogP contribution in [0.5, 0.6) is 0 Å². The fourth-order valence-corrected chi connectivity index (χ4v) is 6.21. The lowest BCUT2D eigenvalue weighted by molar-refractivity contribution is 0.259.